The molecule has 0 amide bonds. The van der Waals surface area contributed by atoms with Crippen LogP contribution in [0.2, 0.25) is 0 Å². The lowest BCUT2D eigenvalue weighted by Gasteiger charge is -2.49. The van der Waals surface area contributed by atoms with Gasteiger partial charge in [0.15, 0.2) is 0 Å². The van der Waals surface area contributed by atoms with Gasteiger partial charge < -0.3 is 14.6 Å². The molecule has 2 fully saturated rings. The van der Waals surface area contributed by atoms with Gasteiger partial charge in [-0.3, -0.25) is 4.90 Å². The van der Waals surface area contributed by atoms with E-state index in [0.29, 0.717) is 13.2 Å². The number of halogens is 1. The maximum atomic E-state index is 13.0. The predicted octanol–water partition coefficient (Wildman–Crippen LogP) is 1.96. The molecule has 0 aromatic heterocycles. The zero-order chi connectivity index (χ0) is 16.3. The number of likely N-dealkylation sites (tertiary alicyclic amines) is 1. The Hall–Kier alpha value is -1.01. The largest absolute Gasteiger partial charge is 0.389 e. The van der Waals surface area contributed by atoms with Crippen molar-refractivity contribution in [2.24, 2.45) is 0 Å². The van der Waals surface area contributed by atoms with Crippen LogP contribution in [0.1, 0.15) is 25.3 Å². The third-order valence-electron chi connectivity index (χ3n) is 4.85. The molecule has 0 radical (unpaired) electrons. The highest BCUT2D eigenvalue weighted by molar-refractivity contribution is 5.29. The minimum absolute atomic E-state index is 0.0506. The highest BCUT2D eigenvalue weighted by atomic mass is 19.1. The second kappa shape index (κ2) is 7.26. The van der Waals surface area contributed by atoms with Gasteiger partial charge >= 0.3 is 0 Å². The maximum Gasteiger partial charge on any atom is 0.123 e. The van der Waals surface area contributed by atoms with Gasteiger partial charge in [-0.1, -0.05) is 19.1 Å². The molecule has 0 aliphatic carbocycles. The lowest BCUT2D eigenvalue weighted by atomic mass is 9.75. The van der Waals surface area contributed by atoms with Crippen molar-refractivity contribution >= 4 is 0 Å². The number of nitrogens with zero attached hydrogens (tertiary/aromatic N) is 1. The van der Waals surface area contributed by atoms with Gasteiger partial charge in [-0.05, 0) is 30.5 Å². The number of aliphatic hydroxyl groups excluding tert-OH is 1. The van der Waals surface area contributed by atoms with Gasteiger partial charge in [0.2, 0.25) is 0 Å². The highest BCUT2D eigenvalue weighted by Crippen LogP contribution is 2.34. The lowest BCUT2D eigenvalue weighted by Crippen LogP contribution is -2.59. The number of β-amino-alcohol motifs (C(OH)–C–C–N with tert-alkyl or cyclic N) is 1. The molecule has 1 unspecified atom stereocenters. The Kier molecular flexibility index (Phi) is 5.31. The van der Waals surface area contributed by atoms with Crippen LogP contribution in [-0.2, 0) is 14.9 Å². The summed E-state index contributed by atoms with van der Waals surface area (Å²) in [5, 5.41) is 10.1. The van der Waals surface area contributed by atoms with Gasteiger partial charge in [0.1, 0.15) is 5.82 Å². The first-order chi connectivity index (χ1) is 11.0. The van der Waals surface area contributed by atoms with E-state index in [0.717, 1.165) is 44.7 Å². The third kappa shape index (κ3) is 4.29. The number of hydrogen-bond acceptors (Lipinski definition) is 4. The Morgan fingerprint density at radius 1 is 1.30 bits per heavy atom. The lowest BCUT2D eigenvalue weighted by molar-refractivity contribution is -0.0716. The van der Waals surface area contributed by atoms with E-state index in [4.69, 9.17) is 9.47 Å². The Balaban J connectivity index is 1.39. The zero-order valence-corrected chi connectivity index (χ0v) is 13.7. The van der Waals surface area contributed by atoms with Crippen molar-refractivity contribution in [3.8, 4) is 0 Å². The van der Waals surface area contributed by atoms with Crippen LogP contribution in [0.3, 0.4) is 0 Å². The van der Waals surface area contributed by atoms with E-state index in [1.165, 1.54) is 12.1 Å². The SMILES string of the molecule is CC1(c2ccc(F)cc2)CN(CC(O)COC2CCOCC2)C1. The van der Waals surface area contributed by atoms with E-state index in [9.17, 15) is 9.50 Å². The Morgan fingerprint density at radius 3 is 2.61 bits per heavy atom. The number of benzene rings is 1. The normalized spacial score (nSPS) is 23.4. The minimum Gasteiger partial charge on any atom is -0.389 e. The van der Waals surface area contributed by atoms with Crippen LogP contribution < -0.4 is 0 Å². The molecule has 1 N–H and O–H groups in total. The van der Waals surface area contributed by atoms with E-state index in [-0.39, 0.29) is 17.3 Å². The fraction of sp³-hybridized carbons (Fsp3) is 0.667. The van der Waals surface area contributed by atoms with Crippen molar-refractivity contribution in [2.75, 3.05) is 39.5 Å². The van der Waals surface area contributed by atoms with Gasteiger partial charge in [0, 0.05) is 38.3 Å². The van der Waals surface area contributed by atoms with E-state index in [1.54, 1.807) is 0 Å². The summed E-state index contributed by atoms with van der Waals surface area (Å²) < 4.78 is 24.1. The van der Waals surface area contributed by atoms with Gasteiger partial charge in [-0.25, -0.2) is 4.39 Å². The van der Waals surface area contributed by atoms with Gasteiger partial charge in [0.25, 0.3) is 0 Å². The molecule has 0 spiro atoms. The first kappa shape index (κ1) is 16.8. The van der Waals surface area contributed by atoms with Gasteiger partial charge in [-0.2, -0.15) is 0 Å². The van der Waals surface area contributed by atoms with E-state index < -0.39 is 6.10 Å². The van der Waals surface area contributed by atoms with E-state index in [2.05, 4.69) is 11.8 Å². The smallest absolute Gasteiger partial charge is 0.123 e. The van der Waals surface area contributed by atoms with Crippen LogP contribution in [0.25, 0.3) is 0 Å². The van der Waals surface area contributed by atoms with Crippen molar-refractivity contribution < 1.29 is 19.0 Å². The molecule has 3 rings (SSSR count). The standard InChI is InChI=1S/C18H26FNO3/c1-18(14-2-4-15(19)5-3-14)12-20(13-18)10-16(21)11-23-17-6-8-22-9-7-17/h2-5,16-17,21H,6-13H2,1H3. The minimum atomic E-state index is -0.462. The van der Waals surface area contributed by atoms with E-state index in [1.807, 2.05) is 12.1 Å². The van der Waals surface area contributed by atoms with Crippen molar-refractivity contribution in [1.82, 2.24) is 4.90 Å². The molecule has 1 aromatic rings. The predicted molar refractivity (Wildman–Crippen MR) is 86.0 cm³/mol. The van der Waals surface area contributed by atoms with Crippen LogP contribution in [0, 0.1) is 5.82 Å². The molecule has 0 saturated carbocycles. The summed E-state index contributed by atoms with van der Waals surface area (Å²) in [4.78, 5) is 2.22. The third-order valence-corrected chi connectivity index (χ3v) is 4.85. The molecule has 128 valence electrons. The molecule has 4 nitrogen and oxygen atoms in total. The average molecular weight is 323 g/mol. The topological polar surface area (TPSA) is 41.9 Å². The summed E-state index contributed by atoms with van der Waals surface area (Å²) in [7, 11) is 0. The molecule has 23 heavy (non-hydrogen) atoms. The number of rotatable bonds is 6. The second-order valence-corrected chi connectivity index (χ2v) is 7.04. The van der Waals surface area contributed by atoms with Crippen molar-refractivity contribution in [1.29, 1.82) is 0 Å². The molecular formula is C18H26FNO3. The summed E-state index contributed by atoms with van der Waals surface area (Å²) in [6.07, 6.45) is 1.59. The van der Waals surface area contributed by atoms with Crippen molar-refractivity contribution in [2.45, 2.75) is 37.4 Å². The first-order valence-corrected chi connectivity index (χ1v) is 8.41. The molecule has 2 saturated heterocycles. The van der Waals surface area contributed by atoms with Crippen LogP contribution in [-0.4, -0.2) is 61.7 Å². The van der Waals surface area contributed by atoms with Gasteiger partial charge in [-0.15, -0.1) is 0 Å². The van der Waals surface area contributed by atoms with Crippen molar-refractivity contribution in [3.05, 3.63) is 35.6 Å². The summed E-state index contributed by atoms with van der Waals surface area (Å²) in [5.74, 6) is -0.200. The second-order valence-electron chi connectivity index (χ2n) is 7.04. The number of hydrogen-bond donors (Lipinski definition) is 1. The summed E-state index contributed by atoms with van der Waals surface area (Å²) >= 11 is 0. The molecule has 2 aliphatic heterocycles. The van der Waals surface area contributed by atoms with Gasteiger partial charge in [0.05, 0.1) is 18.8 Å². The summed E-state index contributed by atoms with van der Waals surface area (Å²) in [6.45, 7) is 6.46. The Morgan fingerprint density at radius 2 is 1.96 bits per heavy atom. The van der Waals surface area contributed by atoms with E-state index >= 15 is 0 Å². The molecule has 0 bridgehead atoms. The summed E-state index contributed by atoms with van der Waals surface area (Å²) in [5.41, 5.74) is 1.21. The maximum absolute atomic E-state index is 13.0. The molecule has 2 heterocycles. The van der Waals surface area contributed by atoms with Crippen molar-refractivity contribution in [3.63, 3.8) is 0 Å². The number of ether oxygens (including phenoxy) is 2. The average Bonchev–Trinajstić information content (AvgIpc) is 2.53. The van der Waals surface area contributed by atoms with Crippen LogP contribution in [0.5, 0.6) is 0 Å². The van der Waals surface area contributed by atoms with Crippen LogP contribution in [0.15, 0.2) is 24.3 Å². The first-order valence-electron chi connectivity index (χ1n) is 8.41. The van der Waals surface area contributed by atoms with Crippen LogP contribution in [0.4, 0.5) is 4.39 Å². The highest BCUT2D eigenvalue weighted by Gasteiger charge is 2.40. The number of aliphatic hydroxyl groups is 1. The van der Waals surface area contributed by atoms with Crippen LogP contribution >= 0.6 is 0 Å². The molecule has 2 aliphatic rings. The monoisotopic (exact) mass is 323 g/mol. The molecule has 1 aromatic carbocycles. The fourth-order valence-electron chi connectivity index (χ4n) is 3.55. The summed E-state index contributed by atoms with van der Waals surface area (Å²) in [6, 6.07) is 6.74. The molecular weight excluding hydrogens is 297 g/mol. The fourth-order valence-corrected chi connectivity index (χ4v) is 3.55. The Labute approximate surface area is 137 Å². The Bertz CT molecular complexity index is 495. The zero-order valence-electron chi connectivity index (χ0n) is 13.7. The molecule has 5 heteroatoms. The molecule has 1 atom stereocenters. The quantitative estimate of drug-likeness (QED) is 0.869.